The quantitative estimate of drug-likeness (QED) is 0.511. The van der Waals surface area contributed by atoms with Crippen molar-refractivity contribution in [3.8, 4) is 34.3 Å². The summed E-state index contributed by atoms with van der Waals surface area (Å²) in [4.78, 5) is 12.1. The minimum absolute atomic E-state index is 0.0632. The van der Waals surface area contributed by atoms with Gasteiger partial charge in [-0.3, -0.25) is 4.79 Å². The van der Waals surface area contributed by atoms with Gasteiger partial charge in [0, 0.05) is 5.56 Å². The summed E-state index contributed by atoms with van der Waals surface area (Å²) in [6.07, 6.45) is 0. The first-order valence-electron chi connectivity index (χ1n) is 5.99. The number of aromatic hydroxyl groups is 4. The van der Waals surface area contributed by atoms with Crippen molar-refractivity contribution in [3.05, 3.63) is 46.6 Å². The van der Waals surface area contributed by atoms with Gasteiger partial charge in [-0.25, -0.2) is 0 Å². The van der Waals surface area contributed by atoms with Crippen molar-refractivity contribution in [2.75, 3.05) is 0 Å². The summed E-state index contributed by atoms with van der Waals surface area (Å²) in [6.45, 7) is 0. The summed E-state index contributed by atoms with van der Waals surface area (Å²) < 4.78 is 5.35. The number of phenolic OH excluding ortho intramolecular Hbond substituents is 3. The van der Waals surface area contributed by atoms with E-state index in [2.05, 4.69) is 0 Å². The van der Waals surface area contributed by atoms with Gasteiger partial charge in [-0.15, -0.1) is 0 Å². The van der Waals surface area contributed by atoms with Crippen LogP contribution in [0.3, 0.4) is 0 Å². The van der Waals surface area contributed by atoms with Crippen LogP contribution in [0.2, 0.25) is 0 Å². The Morgan fingerprint density at radius 2 is 1.67 bits per heavy atom. The van der Waals surface area contributed by atoms with Crippen molar-refractivity contribution in [2.24, 2.45) is 0 Å². The molecule has 0 amide bonds. The zero-order valence-corrected chi connectivity index (χ0v) is 10.6. The molecule has 0 radical (unpaired) electrons. The SMILES string of the molecule is O=c1c(O)c(-c2cccc(O)c2)oc2c(O)c(O)ccc12. The standard InChI is InChI=1S/C15H10O6/c16-8-3-1-2-7(6-8)14-13(20)11(18)9-4-5-10(17)12(19)15(9)21-14/h1-6,16-17,19-20H. The molecule has 0 aliphatic rings. The van der Waals surface area contributed by atoms with Crippen LogP contribution in [0.5, 0.6) is 23.0 Å². The van der Waals surface area contributed by atoms with Crippen molar-refractivity contribution in [1.82, 2.24) is 0 Å². The normalized spacial score (nSPS) is 10.9. The van der Waals surface area contributed by atoms with Crippen molar-refractivity contribution in [3.63, 3.8) is 0 Å². The first-order valence-corrected chi connectivity index (χ1v) is 5.99. The molecule has 1 heterocycles. The molecule has 1 aromatic heterocycles. The third-order valence-corrected chi connectivity index (χ3v) is 3.10. The van der Waals surface area contributed by atoms with Crippen LogP contribution in [-0.4, -0.2) is 20.4 Å². The Bertz CT molecular complexity index is 910. The lowest BCUT2D eigenvalue weighted by Gasteiger charge is -2.08. The highest BCUT2D eigenvalue weighted by atomic mass is 16.4. The number of benzene rings is 2. The lowest BCUT2D eigenvalue weighted by molar-refractivity contribution is 0.397. The minimum atomic E-state index is -0.745. The van der Waals surface area contributed by atoms with Crippen LogP contribution in [-0.2, 0) is 0 Å². The maximum atomic E-state index is 12.1. The van der Waals surface area contributed by atoms with E-state index in [0.29, 0.717) is 0 Å². The van der Waals surface area contributed by atoms with Gasteiger partial charge in [0.2, 0.25) is 16.9 Å². The Labute approximate surface area is 117 Å². The highest BCUT2D eigenvalue weighted by molar-refractivity contribution is 5.88. The van der Waals surface area contributed by atoms with E-state index in [4.69, 9.17) is 4.42 Å². The third-order valence-electron chi connectivity index (χ3n) is 3.10. The molecule has 0 unspecified atom stereocenters. The maximum absolute atomic E-state index is 12.1. The van der Waals surface area contributed by atoms with Crippen molar-refractivity contribution in [2.45, 2.75) is 0 Å². The van der Waals surface area contributed by atoms with Gasteiger partial charge in [0.25, 0.3) is 0 Å². The average molecular weight is 286 g/mol. The summed E-state index contributed by atoms with van der Waals surface area (Å²) in [5.41, 5.74) is -0.727. The second kappa shape index (κ2) is 4.45. The van der Waals surface area contributed by atoms with Gasteiger partial charge in [0.1, 0.15) is 5.75 Å². The summed E-state index contributed by atoms with van der Waals surface area (Å²) in [6, 6.07) is 8.11. The fourth-order valence-corrected chi connectivity index (χ4v) is 2.07. The van der Waals surface area contributed by atoms with E-state index < -0.39 is 22.7 Å². The van der Waals surface area contributed by atoms with Crippen LogP contribution in [0, 0.1) is 0 Å². The summed E-state index contributed by atoms with van der Waals surface area (Å²) in [5.74, 6) is -1.96. The fourth-order valence-electron chi connectivity index (χ4n) is 2.07. The molecule has 0 saturated carbocycles. The lowest BCUT2D eigenvalue weighted by Crippen LogP contribution is -2.02. The van der Waals surface area contributed by atoms with E-state index in [-0.39, 0.29) is 28.0 Å². The molecule has 3 aromatic rings. The highest BCUT2D eigenvalue weighted by Gasteiger charge is 2.19. The molecular formula is C15H10O6. The van der Waals surface area contributed by atoms with E-state index >= 15 is 0 Å². The van der Waals surface area contributed by atoms with Gasteiger partial charge in [-0.1, -0.05) is 12.1 Å². The third kappa shape index (κ3) is 1.93. The van der Waals surface area contributed by atoms with Crippen LogP contribution >= 0.6 is 0 Å². The molecule has 0 bridgehead atoms. The number of hydrogen-bond acceptors (Lipinski definition) is 6. The summed E-state index contributed by atoms with van der Waals surface area (Å²) in [5, 5.41) is 38.6. The topological polar surface area (TPSA) is 111 Å². The highest BCUT2D eigenvalue weighted by Crippen LogP contribution is 2.37. The molecule has 3 rings (SSSR count). The summed E-state index contributed by atoms with van der Waals surface area (Å²) >= 11 is 0. The molecule has 21 heavy (non-hydrogen) atoms. The molecule has 106 valence electrons. The number of hydrogen-bond donors (Lipinski definition) is 4. The first-order chi connectivity index (χ1) is 9.99. The molecule has 2 aromatic carbocycles. The average Bonchev–Trinajstić information content (AvgIpc) is 2.46. The van der Waals surface area contributed by atoms with Crippen LogP contribution in [0.4, 0.5) is 0 Å². The monoisotopic (exact) mass is 286 g/mol. The Kier molecular flexibility index (Phi) is 2.72. The van der Waals surface area contributed by atoms with E-state index in [9.17, 15) is 25.2 Å². The molecule has 0 spiro atoms. The van der Waals surface area contributed by atoms with Gasteiger partial charge in [0.15, 0.2) is 17.1 Å². The Balaban J connectivity index is 2.42. The predicted molar refractivity (Wildman–Crippen MR) is 74.6 cm³/mol. The van der Waals surface area contributed by atoms with Crippen molar-refractivity contribution < 1.29 is 24.8 Å². The predicted octanol–water partition coefficient (Wildman–Crippen LogP) is 2.28. The fraction of sp³-hybridized carbons (Fsp3) is 0. The van der Waals surface area contributed by atoms with Gasteiger partial charge in [-0.2, -0.15) is 0 Å². The molecular weight excluding hydrogens is 276 g/mol. The Morgan fingerprint density at radius 3 is 2.38 bits per heavy atom. The molecule has 4 N–H and O–H groups in total. The molecule has 0 aliphatic heterocycles. The molecule has 0 saturated heterocycles. The molecule has 6 heteroatoms. The van der Waals surface area contributed by atoms with E-state index in [1.54, 1.807) is 0 Å². The minimum Gasteiger partial charge on any atom is -0.508 e. The van der Waals surface area contributed by atoms with Crippen LogP contribution < -0.4 is 5.43 Å². The van der Waals surface area contributed by atoms with Gasteiger partial charge < -0.3 is 24.8 Å². The molecule has 0 atom stereocenters. The zero-order valence-electron chi connectivity index (χ0n) is 10.6. The zero-order chi connectivity index (χ0) is 15.1. The van der Waals surface area contributed by atoms with Gasteiger partial charge in [0.05, 0.1) is 5.39 Å². The van der Waals surface area contributed by atoms with Crippen LogP contribution in [0.1, 0.15) is 0 Å². The second-order valence-electron chi connectivity index (χ2n) is 4.47. The number of phenols is 3. The van der Waals surface area contributed by atoms with E-state index in [1.165, 1.54) is 30.3 Å². The number of fused-ring (bicyclic) bond motifs is 1. The second-order valence-corrected chi connectivity index (χ2v) is 4.47. The van der Waals surface area contributed by atoms with Gasteiger partial charge in [-0.05, 0) is 24.3 Å². The van der Waals surface area contributed by atoms with Gasteiger partial charge >= 0.3 is 0 Å². The van der Waals surface area contributed by atoms with Crippen molar-refractivity contribution >= 4 is 11.0 Å². The van der Waals surface area contributed by atoms with Crippen molar-refractivity contribution in [1.29, 1.82) is 0 Å². The Hall–Kier alpha value is -3.15. The molecule has 0 aliphatic carbocycles. The first kappa shape index (κ1) is 12.9. The maximum Gasteiger partial charge on any atom is 0.235 e. The summed E-state index contributed by atoms with van der Waals surface area (Å²) in [7, 11) is 0. The lowest BCUT2D eigenvalue weighted by atomic mass is 10.1. The van der Waals surface area contributed by atoms with E-state index in [0.717, 1.165) is 6.07 Å². The number of rotatable bonds is 1. The smallest absolute Gasteiger partial charge is 0.235 e. The largest absolute Gasteiger partial charge is 0.508 e. The van der Waals surface area contributed by atoms with Crippen LogP contribution in [0.15, 0.2) is 45.6 Å². The van der Waals surface area contributed by atoms with Crippen LogP contribution in [0.25, 0.3) is 22.3 Å². The Morgan fingerprint density at radius 1 is 0.905 bits per heavy atom. The molecule has 6 nitrogen and oxygen atoms in total. The van der Waals surface area contributed by atoms with E-state index in [1.807, 2.05) is 0 Å². The molecule has 0 fully saturated rings.